The van der Waals surface area contributed by atoms with Crippen molar-refractivity contribution in [2.75, 3.05) is 0 Å². The molecule has 0 fully saturated rings. The molecule has 0 aliphatic rings. The van der Waals surface area contributed by atoms with E-state index < -0.39 is 16.1 Å². The molecule has 4 nitrogen and oxygen atoms in total. The fourth-order valence-electron chi connectivity index (χ4n) is 1.08. The SMILES string of the molecule is CC(O)c1ccccc1S(N)(=O)=O. The fraction of sp³-hybridized carbons (Fsp3) is 0.250. The van der Waals surface area contributed by atoms with E-state index in [4.69, 9.17) is 5.14 Å². The highest BCUT2D eigenvalue weighted by Gasteiger charge is 2.15. The predicted molar refractivity (Wildman–Crippen MR) is 48.4 cm³/mol. The van der Waals surface area contributed by atoms with E-state index in [2.05, 4.69) is 0 Å². The zero-order valence-electron chi connectivity index (χ0n) is 7.14. The van der Waals surface area contributed by atoms with Gasteiger partial charge >= 0.3 is 0 Å². The summed E-state index contributed by atoms with van der Waals surface area (Å²) in [5.74, 6) is 0. The Labute approximate surface area is 77.1 Å². The van der Waals surface area contributed by atoms with Crippen LogP contribution < -0.4 is 5.14 Å². The summed E-state index contributed by atoms with van der Waals surface area (Å²) < 4.78 is 22.0. The van der Waals surface area contributed by atoms with Crippen molar-refractivity contribution in [2.45, 2.75) is 17.9 Å². The van der Waals surface area contributed by atoms with Crippen LogP contribution in [-0.2, 0) is 10.0 Å². The lowest BCUT2D eigenvalue weighted by Crippen LogP contribution is -2.15. The Balaban J connectivity index is 3.37. The van der Waals surface area contributed by atoms with Gasteiger partial charge in [-0.2, -0.15) is 0 Å². The van der Waals surface area contributed by atoms with Crippen molar-refractivity contribution in [1.29, 1.82) is 0 Å². The molecular weight excluding hydrogens is 190 g/mol. The van der Waals surface area contributed by atoms with Crippen molar-refractivity contribution in [3.63, 3.8) is 0 Å². The molecule has 3 N–H and O–H groups in total. The summed E-state index contributed by atoms with van der Waals surface area (Å²) in [6, 6.07) is 6.12. The molecular formula is C8H11NO3S. The Morgan fingerprint density at radius 3 is 2.31 bits per heavy atom. The first-order valence-electron chi connectivity index (χ1n) is 3.72. The third kappa shape index (κ3) is 2.27. The fourth-order valence-corrected chi connectivity index (χ4v) is 1.92. The monoisotopic (exact) mass is 201 g/mol. The number of hydrogen-bond acceptors (Lipinski definition) is 3. The summed E-state index contributed by atoms with van der Waals surface area (Å²) in [5, 5.41) is 14.2. The molecule has 1 rings (SSSR count). The van der Waals surface area contributed by atoms with Gasteiger partial charge in [-0.15, -0.1) is 0 Å². The minimum absolute atomic E-state index is 0.0231. The van der Waals surface area contributed by atoms with Crippen LogP contribution in [0.1, 0.15) is 18.6 Å². The first kappa shape index (κ1) is 10.2. The number of nitrogens with two attached hydrogens (primary N) is 1. The number of sulfonamides is 1. The zero-order chi connectivity index (χ0) is 10.1. The molecule has 0 aliphatic heterocycles. The van der Waals surface area contributed by atoms with Crippen LogP contribution >= 0.6 is 0 Å². The first-order valence-corrected chi connectivity index (χ1v) is 5.27. The highest BCUT2D eigenvalue weighted by molar-refractivity contribution is 7.89. The highest BCUT2D eigenvalue weighted by atomic mass is 32.2. The predicted octanol–water partition coefficient (Wildman–Crippen LogP) is 0.387. The molecule has 5 heteroatoms. The van der Waals surface area contributed by atoms with E-state index in [1.807, 2.05) is 0 Å². The maximum atomic E-state index is 11.0. The normalized spacial score (nSPS) is 14.1. The summed E-state index contributed by atoms with van der Waals surface area (Å²) in [7, 11) is -3.74. The van der Waals surface area contributed by atoms with Gasteiger partial charge in [0.05, 0.1) is 11.0 Å². The third-order valence-corrected chi connectivity index (χ3v) is 2.66. The minimum atomic E-state index is -3.74. The van der Waals surface area contributed by atoms with Crippen molar-refractivity contribution in [3.8, 4) is 0 Å². The van der Waals surface area contributed by atoms with Gasteiger partial charge in [-0.1, -0.05) is 18.2 Å². The summed E-state index contributed by atoms with van der Waals surface area (Å²) in [4.78, 5) is -0.0231. The Morgan fingerprint density at radius 2 is 1.92 bits per heavy atom. The number of aliphatic hydroxyl groups is 1. The Kier molecular flexibility index (Phi) is 2.70. The largest absolute Gasteiger partial charge is 0.389 e. The van der Waals surface area contributed by atoms with E-state index in [1.54, 1.807) is 12.1 Å². The van der Waals surface area contributed by atoms with E-state index in [-0.39, 0.29) is 4.90 Å². The number of primary sulfonamides is 1. The maximum Gasteiger partial charge on any atom is 0.238 e. The molecule has 0 radical (unpaired) electrons. The molecule has 0 bridgehead atoms. The molecule has 72 valence electrons. The molecule has 0 saturated heterocycles. The molecule has 1 aromatic rings. The lowest BCUT2D eigenvalue weighted by atomic mass is 10.1. The number of hydrogen-bond donors (Lipinski definition) is 2. The molecule has 0 heterocycles. The van der Waals surface area contributed by atoms with Crippen molar-refractivity contribution >= 4 is 10.0 Å². The van der Waals surface area contributed by atoms with Gasteiger partial charge in [-0.25, -0.2) is 13.6 Å². The second-order valence-corrected chi connectivity index (χ2v) is 4.29. The molecule has 0 aromatic heterocycles. The van der Waals surface area contributed by atoms with Gasteiger partial charge in [0.1, 0.15) is 0 Å². The van der Waals surface area contributed by atoms with Crippen LogP contribution in [-0.4, -0.2) is 13.5 Å². The average Bonchev–Trinajstić information content (AvgIpc) is 2.03. The number of aliphatic hydroxyl groups excluding tert-OH is 1. The van der Waals surface area contributed by atoms with Gasteiger partial charge in [0.15, 0.2) is 0 Å². The molecule has 13 heavy (non-hydrogen) atoms. The van der Waals surface area contributed by atoms with E-state index >= 15 is 0 Å². The van der Waals surface area contributed by atoms with Crippen molar-refractivity contribution < 1.29 is 13.5 Å². The first-order chi connectivity index (χ1) is 5.93. The van der Waals surface area contributed by atoms with Crippen LogP contribution in [0.4, 0.5) is 0 Å². The number of rotatable bonds is 2. The summed E-state index contributed by atoms with van der Waals surface area (Å²) in [6.45, 7) is 1.49. The van der Waals surface area contributed by atoms with Crippen LogP contribution in [0.5, 0.6) is 0 Å². The highest BCUT2D eigenvalue weighted by Crippen LogP contribution is 2.20. The lowest BCUT2D eigenvalue weighted by molar-refractivity contribution is 0.196. The van der Waals surface area contributed by atoms with Crippen LogP contribution in [0, 0.1) is 0 Å². The van der Waals surface area contributed by atoms with Crippen molar-refractivity contribution in [2.24, 2.45) is 5.14 Å². The molecule has 1 unspecified atom stereocenters. The number of benzene rings is 1. The van der Waals surface area contributed by atoms with E-state index in [0.29, 0.717) is 5.56 Å². The quantitative estimate of drug-likeness (QED) is 0.726. The summed E-state index contributed by atoms with van der Waals surface area (Å²) in [5.41, 5.74) is 0.324. The minimum Gasteiger partial charge on any atom is -0.389 e. The van der Waals surface area contributed by atoms with Gasteiger partial charge in [0.25, 0.3) is 0 Å². The topological polar surface area (TPSA) is 80.4 Å². The van der Waals surface area contributed by atoms with Gasteiger partial charge < -0.3 is 5.11 Å². The molecule has 0 amide bonds. The second-order valence-electron chi connectivity index (χ2n) is 2.76. The third-order valence-electron chi connectivity index (χ3n) is 1.68. The summed E-state index contributed by atoms with van der Waals surface area (Å²) >= 11 is 0. The Morgan fingerprint density at radius 1 is 1.38 bits per heavy atom. The van der Waals surface area contributed by atoms with E-state index in [1.165, 1.54) is 19.1 Å². The maximum absolute atomic E-state index is 11.0. The second kappa shape index (κ2) is 3.45. The van der Waals surface area contributed by atoms with E-state index in [9.17, 15) is 13.5 Å². The Hall–Kier alpha value is -0.910. The summed E-state index contributed by atoms with van der Waals surface area (Å²) in [6.07, 6.45) is -0.838. The zero-order valence-corrected chi connectivity index (χ0v) is 7.95. The average molecular weight is 201 g/mol. The van der Waals surface area contributed by atoms with Gasteiger partial charge in [-0.3, -0.25) is 0 Å². The lowest BCUT2D eigenvalue weighted by Gasteiger charge is -2.08. The van der Waals surface area contributed by atoms with Crippen LogP contribution in [0.15, 0.2) is 29.2 Å². The molecule has 1 atom stereocenters. The van der Waals surface area contributed by atoms with Gasteiger partial charge in [0, 0.05) is 5.56 Å². The van der Waals surface area contributed by atoms with Crippen LogP contribution in [0.2, 0.25) is 0 Å². The van der Waals surface area contributed by atoms with Crippen molar-refractivity contribution in [1.82, 2.24) is 0 Å². The molecule has 1 aromatic carbocycles. The van der Waals surface area contributed by atoms with Crippen LogP contribution in [0.25, 0.3) is 0 Å². The smallest absolute Gasteiger partial charge is 0.238 e. The standard InChI is InChI=1S/C8H11NO3S/c1-6(10)7-4-2-3-5-8(7)13(9,11)12/h2-6,10H,1H3,(H2,9,11,12). The van der Waals surface area contributed by atoms with Gasteiger partial charge in [-0.05, 0) is 13.0 Å². The van der Waals surface area contributed by atoms with Crippen molar-refractivity contribution in [3.05, 3.63) is 29.8 Å². The molecule has 0 aliphatic carbocycles. The Bertz CT molecular complexity index is 398. The molecule has 0 saturated carbocycles. The molecule has 0 spiro atoms. The van der Waals surface area contributed by atoms with Gasteiger partial charge in [0.2, 0.25) is 10.0 Å². The van der Waals surface area contributed by atoms with E-state index in [0.717, 1.165) is 0 Å². The van der Waals surface area contributed by atoms with Crippen LogP contribution in [0.3, 0.4) is 0 Å².